The zero-order valence-electron chi connectivity index (χ0n) is 12.2. The summed E-state index contributed by atoms with van der Waals surface area (Å²) >= 11 is 0. The maximum atomic E-state index is 12.8. The van der Waals surface area contributed by atoms with Crippen LogP contribution in [0.25, 0.3) is 0 Å². The highest BCUT2D eigenvalue weighted by molar-refractivity contribution is 5.26. The lowest BCUT2D eigenvalue weighted by Crippen LogP contribution is -2.15. The Morgan fingerprint density at radius 3 is 2.71 bits per heavy atom. The van der Waals surface area contributed by atoms with Crippen LogP contribution in [0.2, 0.25) is 0 Å². The molecule has 0 fully saturated rings. The number of unbranched alkanes of at least 4 members (excludes halogenated alkanes) is 1. The summed E-state index contributed by atoms with van der Waals surface area (Å²) in [6.45, 7) is 2.74. The highest BCUT2D eigenvalue weighted by Gasteiger charge is 2.01. The largest absolute Gasteiger partial charge is 0.355 e. The number of aromatic amines is 1. The van der Waals surface area contributed by atoms with Crippen LogP contribution in [0.3, 0.4) is 0 Å². The summed E-state index contributed by atoms with van der Waals surface area (Å²) in [5.41, 5.74) is 1.71. The van der Waals surface area contributed by atoms with Gasteiger partial charge in [0.2, 0.25) is 5.95 Å². The minimum atomic E-state index is -0.235. The van der Waals surface area contributed by atoms with Gasteiger partial charge in [-0.2, -0.15) is 0 Å². The van der Waals surface area contributed by atoms with Crippen molar-refractivity contribution < 1.29 is 4.39 Å². The summed E-state index contributed by atoms with van der Waals surface area (Å²) in [4.78, 5) is 18.6. The Hall–Kier alpha value is -2.17. The SMILES string of the molecule is CCCCc1cc(=O)[nH]c(NCCc2ccc(F)cc2)n1. The van der Waals surface area contributed by atoms with Gasteiger partial charge < -0.3 is 5.32 Å². The Kier molecular flexibility index (Phi) is 5.49. The molecule has 21 heavy (non-hydrogen) atoms. The van der Waals surface area contributed by atoms with E-state index in [0.29, 0.717) is 12.5 Å². The normalized spacial score (nSPS) is 10.6. The van der Waals surface area contributed by atoms with E-state index in [9.17, 15) is 9.18 Å². The van der Waals surface area contributed by atoms with Gasteiger partial charge in [-0.25, -0.2) is 9.37 Å². The molecule has 2 aromatic rings. The van der Waals surface area contributed by atoms with Gasteiger partial charge in [0, 0.05) is 18.3 Å². The van der Waals surface area contributed by atoms with E-state index in [-0.39, 0.29) is 11.4 Å². The molecule has 1 aromatic carbocycles. The Labute approximate surface area is 123 Å². The molecule has 0 spiro atoms. The summed E-state index contributed by atoms with van der Waals surface area (Å²) in [6.07, 6.45) is 3.64. The number of nitrogens with one attached hydrogen (secondary N) is 2. The Morgan fingerprint density at radius 2 is 2.00 bits per heavy atom. The predicted molar refractivity (Wildman–Crippen MR) is 82.1 cm³/mol. The Balaban J connectivity index is 1.91. The smallest absolute Gasteiger partial charge is 0.252 e. The number of hydrogen-bond acceptors (Lipinski definition) is 3. The molecule has 0 amide bonds. The van der Waals surface area contributed by atoms with Crippen molar-refractivity contribution in [3.8, 4) is 0 Å². The monoisotopic (exact) mass is 289 g/mol. The predicted octanol–water partition coefficient (Wildman–Crippen LogP) is 2.91. The fourth-order valence-electron chi connectivity index (χ4n) is 2.05. The third-order valence-corrected chi connectivity index (χ3v) is 3.20. The molecule has 0 saturated heterocycles. The molecular weight excluding hydrogens is 269 g/mol. The zero-order chi connectivity index (χ0) is 15.1. The molecule has 4 nitrogen and oxygen atoms in total. The number of H-pyrrole nitrogens is 1. The molecule has 1 aromatic heterocycles. The summed E-state index contributed by atoms with van der Waals surface area (Å²) in [7, 11) is 0. The van der Waals surface area contributed by atoms with Crippen molar-refractivity contribution in [1.29, 1.82) is 0 Å². The van der Waals surface area contributed by atoms with Gasteiger partial charge in [0.1, 0.15) is 5.82 Å². The second-order valence-electron chi connectivity index (χ2n) is 4.99. The van der Waals surface area contributed by atoms with Crippen molar-refractivity contribution in [1.82, 2.24) is 9.97 Å². The third kappa shape index (κ3) is 5.02. The van der Waals surface area contributed by atoms with Crippen LogP contribution in [0.15, 0.2) is 35.1 Å². The standard InChI is InChI=1S/C16H20FN3O/c1-2-3-4-14-11-15(21)20-16(19-14)18-10-9-12-5-7-13(17)8-6-12/h5-8,11H,2-4,9-10H2,1H3,(H2,18,19,20,21). The first-order valence-electron chi connectivity index (χ1n) is 7.26. The average molecular weight is 289 g/mol. The maximum absolute atomic E-state index is 12.8. The quantitative estimate of drug-likeness (QED) is 0.824. The Bertz CT molecular complexity index is 622. The van der Waals surface area contributed by atoms with Gasteiger partial charge in [0.25, 0.3) is 5.56 Å². The first-order chi connectivity index (χ1) is 10.2. The van der Waals surface area contributed by atoms with Gasteiger partial charge in [-0.05, 0) is 37.0 Å². The molecule has 0 aliphatic heterocycles. The molecule has 2 N–H and O–H groups in total. The summed E-state index contributed by atoms with van der Waals surface area (Å²) in [5.74, 6) is 0.261. The molecule has 0 radical (unpaired) electrons. The number of benzene rings is 1. The van der Waals surface area contributed by atoms with Gasteiger partial charge in [0.15, 0.2) is 0 Å². The fourth-order valence-corrected chi connectivity index (χ4v) is 2.05. The van der Waals surface area contributed by atoms with Crippen molar-refractivity contribution in [3.05, 3.63) is 57.8 Å². The van der Waals surface area contributed by atoms with Crippen LogP contribution in [-0.2, 0) is 12.8 Å². The zero-order valence-corrected chi connectivity index (χ0v) is 12.2. The van der Waals surface area contributed by atoms with Crippen LogP contribution < -0.4 is 10.9 Å². The van der Waals surface area contributed by atoms with E-state index in [1.165, 1.54) is 12.1 Å². The van der Waals surface area contributed by atoms with Crippen LogP contribution in [0.1, 0.15) is 31.0 Å². The van der Waals surface area contributed by atoms with E-state index < -0.39 is 0 Å². The molecule has 2 rings (SSSR count). The number of anilines is 1. The van der Waals surface area contributed by atoms with E-state index in [1.807, 2.05) is 0 Å². The molecule has 0 unspecified atom stereocenters. The number of rotatable bonds is 7. The van der Waals surface area contributed by atoms with Crippen molar-refractivity contribution in [2.75, 3.05) is 11.9 Å². The minimum absolute atomic E-state index is 0.139. The molecule has 112 valence electrons. The van der Waals surface area contributed by atoms with Gasteiger partial charge in [-0.3, -0.25) is 9.78 Å². The summed E-state index contributed by atoms with van der Waals surface area (Å²) in [6, 6.07) is 7.94. The molecular formula is C16H20FN3O. The maximum Gasteiger partial charge on any atom is 0.252 e. The molecule has 0 saturated carbocycles. The van der Waals surface area contributed by atoms with Crippen molar-refractivity contribution in [3.63, 3.8) is 0 Å². The van der Waals surface area contributed by atoms with Gasteiger partial charge in [-0.1, -0.05) is 25.5 Å². The number of aromatic nitrogens is 2. The van der Waals surface area contributed by atoms with Crippen molar-refractivity contribution in [2.45, 2.75) is 32.6 Å². The number of hydrogen-bond donors (Lipinski definition) is 2. The molecule has 5 heteroatoms. The lowest BCUT2D eigenvalue weighted by Gasteiger charge is -2.07. The lowest BCUT2D eigenvalue weighted by molar-refractivity contribution is 0.627. The fraction of sp³-hybridized carbons (Fsp3) is 0.375. The topological polar surface area (TPSA) is 57.8 Å². The van der Waals surface area contributed by atoms with Crippen molar-refractivity contribution in [2.24, 2.45) is 0 Å². The summed E-state index contributed by atoms with van der Waals surface area (Å²) in [5, 5.41) is 3.10. The van der Waals surface area contributed by atoms with Crippen molar-refractivity contribution >= 4 is 5.95 Å². The molecule has 1 heterocycles. The molecule has 0 atom stereocenters. The van der Waals surface area contributed by atoms with Gasteiger partial charge >= 0.3 is 0 Å². The highest BCUT2D eigenvalue weighted by atomic mass is 19.1. The van der Waals surface area contributed by atoms with E-state index in [1.54, 1.807) is 18.2 Å². The molecule has 0 aliphatic rings. The van der Waals surface area contributed by atoms with Crippen LogP contribution >= 0.6 is 0 Å². The Morgan fingerprint density at radius 1 is 1.24 bits per heavy atom. The van der Waals surface area contributed by atoms with E-state index in [2.05, 4.69) is 22.2 Å². The van der Waals surface area contributed by atoms with Crippen LogP contribution in [0.4, 0.5) is 10.3 Å². The lowest BCUT2D eigenvalue weighted by atomic mass is 10.1. The van der Waals surface area contributed by atoms with Gasteiger partial charge in [-0.15, -0.1) is 0 Å². The average Bonchev–Trinajstić information content (AvgIpc) is 2.47. The van der Waals surface area contributed by atoms with Crippen LogP contribution in [0.5, 0.6) is 0 Å². The van der Waals surface area contributed by atoms with E-state index >= 15 is 0 Å². The van der Waals surface area contributed by atoms with Crippen LogP contribution in [-0.4, -0.2) is 16.5 Å². The van der Waals surface area contributed by atoms with E-state index in [4.69, 9.17) is 0 Å². The second kappa shape index (κ2) is 7.57. The third-order valence-electron chi connectivity index (χ3n) is 3.20. The highest BCUT2D eigenvalue weighted by Crippen LogP contribution is 2.05. The molecule has 0 bridgehead atoms. The number of nitrogens with zero attached hydrogens (tertiary/aromatic N) is 1. The van der Waals surface area contributed by atoms with Crippen LogP contribution in [0, 0.1) is 5.82 Å². The minimum Gasteiger partial charge on any atom is -0.355 e. The first-order valence-corrected chi connectivity index (χ1v) is 7.26. The number of aryl methyl sites for hydroxylation is 1. The van der Waals surface area contributed by atoms with Gasteiger partial charge in [0.05, 0.1) is 0 Å². The first kappa shape index (κ1) is 15.2. The second-order valence-corrected chi connectivity index (χ2v) is 4.99. The number of halogens is 1. The molecule has 0 aliphatic carbocycles. The summed E-state index contributed by atoms with van der Waals surface area (Å²) < 4.78 is 12.8. The van der Waals surface area contributed by atoms with E-state index in [0.717, 1.165) is 36.9 Å².